The molecule has 6 nitrogen and oxygen atoms in total. The summed E-state index contributed by atoms with van der Waals surface area (Å²) >= 11 is 0. The molecule has 1 rings (SSSR count). The molecule has 110 valence electrons. The molecule has 20 heavy (non-hydrogen) atoms. The van der Waals surface area contributed by atoms with E-state index in [1.54, 1.807) is 6.07 Å². The maximum absolute atomic E-state index is 11.9. The van der Waals surface area contributed by atoms with Crippen molar-refractivity contribution in [2.24, 2.45) is 0 Å². The van der Waals surface area contributed by atoms with E-state index in [1.807, 2.05) is 13.8 Å². The van der Waals surface area contributed by atoms with Crippen molar-refractivity contribution in [3.8, 4) is 5.75 Å². The summed E-state index contributed by atoms with van der Waals surface area (Å²) in [6, 6.07) is 4.64. The van der Waals surface area contributed by atoms with Crippen molar-refractivity contribution < 1.29 is 19.1 Å². The second kappa shape index (κ2) is 7.37. The number of nitrogen functional groups attached to an aromatic ring is 1. The van der Waals surface area contributed by atoms with E-state index in [0.29, 0.717) is 11.4 Å². The van der Waals surface area contributed by atoms with E-state index in [9.17, 15) is 9.59 Å². The molecule has 0 heterocycles. The van der Waals surface area contributed by atoms with Crippen molar-refractivity contribution in [1.82, 2.24) is 5.32 Å². The Kier molecular flexibility index (Phi) is 5.83. The zero-order chi connectivity index (χ0) is 15.1. The van der Waals surface area contributed by atoms with E-state index in [0.717, 1.165) is 6.42 Å². The van der Waals surface area contributed by atoms with Crippen LogP contribution in [-0.2, 0) is 9.53 Å². The summed E-state index contributed by atoms with van der Waals surface area (Å²) in [5, 5.41) is 2.71. The van der Waals surface area contributed by atoms with E-state index in [4.69, 9.17) is 15.2 Å². The van der Waals surface area contributed by atoms with Crippen molar-refractivity contribution in [1.29, 1.82) is 0 Å². The molecule has 0 aliphatic carbocycles. The fraction of sp³-hybridized carbons (Fsp3) is 0.429. The van der Waals surface area contributed by atoms with Gasteiger partial charge in [0, 0.05) is 17.8 Å². The first kappa shape index (κ1) is 15.8. The second-order valence-corrected chi connectivity index (χ2v) is 4.41. The lowest BCUT2D eigenvalue weighted by molar-refractivity contribution is -0.124. The van der Waals surface area contributed by atoms with Crippen LogP contribution in [-0.4, -0.2) is 31.6 Å². The van der Waals surface area contributed by atoms with Crippen LogP contribution >= 0.6 is 0 Å². The van der Waals surface area contributed by atoms with E-state index in [2.05, 4.69) is 5.32 Å². The van der Waals surface area contributed by atoms with Crippen molar-refractivity contribution >= 4 is 17.6 Å². The molecular formula is C14H20N2O4. The third-order valence-electron chi connectivity index (χ3n) is 2.80. The monoisotopic (exact) mass is 280 g/mol. The average Bonchev–Trinajstić information content (AvgIpc) is 2.44. The van der Waals surface area contributed by atoms with Gasteiger partial charge in [-0.3, -0.25) is 4.79 Å². The smallest absolute Gasteiger partial charge is 0.342 e. The molecule has 3 N–H and O–H groups in total. The van der Waals surface area contributed by atoms with Crippen LogP contribution in [0.25, 0.3) is 0 Å². The summed E-state index contributed by atoms with van der Waals surface area (Å²) < 4.78 is 10.0. The summed E-state index contributed by atoms with van der Waals surface area (Å²) in [5.74, 6) is -0.638. The minimum absolute atomic E-state index is 0.0484. The second-order valence-electron chi connectivity index (χ2n) is 4.41. The van der Waals surface area contributed by atoms with Crippen LogP contribution in [0, 0.1) is 0 Å². The number of esters is 1. The number of carbonyl (C=O) groups is 2. The van der Waals surface area contributed by atoms with Crippen LogP contribution in [0.2, 0.25) is 0 Å². The van der Waals surface area contributed by atoms with E-state index < -0.39 is 5.97 Å². The molecule has 0 spiro atoms. The number of ether oxygens (including phenoxy) is 2. The lowest BCUT2D eigenvalue weighted by Gasteiger charge is -2.12. The SMILES string of the molecule is CCC(C)NC(=O)COC(=O)c1ccc(N)cc1OC. The Morgan fingerprint density at radius 3 is 2.70 bits per heavy atom. The van der Waals surface area contributed by atoms with Crippen LogP contribution in [0.1, 0.15) is 30.6 Å². The highest BCUT2D eigenvalue weighted by Gasteiger charge is 2.16. The number of hydrogen-bond acceptors (Lipinski definition) is 5. The number of rotatable bonds is 6. The molecule has 1 atom stereocenters. The molecule has 1 amide bonds. The summed E-state index contributed by atoms with van der Waals surface area (Å²) in [7, 11) is 1.43. The summed E-state index contributed by atoms with van der Waals surface area (Å²) in [5.41, 5.74) is 6.31. The van der Waals surface area contributed by atoms with Gasteiger partial charge in [-0.1, -0.05) is 6.92 Å². The fourth-order valence-corrected chi connectivity index (χ4v) is 1.50. The molecule has 0 aromatic heterocycles. The van der Waals surface area contributed by atoms with Gasteiger partial charge in [0.25, 0.3) is 5.91 Å². The van der Waals surface area contributed by atoms with Gasteiger partial charge in [-0.15, -0.1) is 0 Å². The minimum atomic E-state index is -0.624. The van der Waals surface area contributed by atoms with Crippen LogP contribution < -0.4 is 15.8 Å². The van der Waals surface area contributed by atoms with Gasteiger partial charge in [-0.05, 0) is 25.5 Å². The number of amides is 1. The molecule has 0 aliphatic rings. The lowest BCUT2D eigenvalue weighted by Crippen LogP contribution is -2.35. The van der Waals surface area contributed by atoms with Gasteiger partial charge < -0.3 is 20.5 Å². The van der Waals surface area contributed by atoms with E-state index in [-0.39, 0.29) is 24.1 Å². The number of anilines is 1. The van der Waals surface area contributed by atoms with Crippen LogP contribution in [0.15, 0.2) is 18.2 Å². The normalized spacial score (nSPS) is 11.6. The first-order chi connectivity index (χ1) is 9.47. The zero-order valence-electron chi connectivity index (χ0n) is 11.9. The average molecular weight is 280 g/mol. The Hall–Kier alpha value is -2.24. The minimum Gasteiger partial charge on any atom is -0.496 e. The van der Waals surface area contributed by atoms with Gasteiger partial charge in [0.1, 0.15) is 11.3 Å². The molecule has 6 heteroatoms. The molecule has 1 aromatic rings. The van der Waals surface area contributed by atoms with Gasteiger partial charge in [-0.25, -0.2) is 4.79 Å². The van der Waals surface area contributed by atoms with Crippen molar-refractivity contribution in [3.05, 3.63) is 23.8 Å². The molecule has 1 aromatic carbocycles. The Bertz CT molecular complexity index is 488. The van der Waals surface area contributed by atoms with Crippen LogP contribution in [0.5, 0.6) is 5.75 Å². The predicted molar refractivity (Wildman–Crippen MR) is 75.6 cm³/mol. The largest absolute Gasteiger partial charge is 0.496 e. The van der Waals surface area contributed by atoms with Gasteiger partial charge in [0.15, 0.2) is 6.61 Å². The number of benzene rings is 1. The molecule has 0 saturated heterocycles. The molecular weight excluding hydrogens is 260 g/mol. The first-order valence-corrected chi connectivity index (χ1v) is 6.38. The molecule has 0 radical (unpaired) electrons. The third kappa shape index (κ3) is 4.46. The van der Waals surface area contributed by atoms with Gasteiger partial charge >= 0.3 is 5.97 Å². The highest BCUT2D eigenvalue weighted by Crippen LogP contribution is 2.22. The maximum Gasteiger partial charge on any atom is 0.342 e. The van der Waals surface area contributed by atoms with Gasteiger partial charge in [-0.2, -0.15) is 0 Å². The van der Waals surface area contributed by atoms with Crippen molar-refractivity contribution in [2.45, 2.75) is 26.3 Å². The first-order valence-electron chi connectivity index (χ1n) is 6.38. The predicted octanol–water partition coefficient (Wildman–Crippen LogP) is 1.35. The van der Waals surface area contributed by atoms with Crippen LogP contribution in [0.3, 0.4) is 0 Å². The Balaban J connectivity index is 2.61. The Labute approximate surface area is 118 Å². The number of nitrogens with two attached hydrogens (primary N) is 1. The molecule has 0 bridgehead atoms. The number of carbonyl (C=O) groups excluding carboxylic acids is 2. The Morgan fingerprint density at radius 2 is 2.10 bits per heavy atom. The molecule has 0 aliphatic heterocycles. The molecule has 0 fully saturated rings. The zero-order valence-corrected chi connectivity index (χ0v) is 11.9. The lowest BCUT2D eigenvalue weighted by atomic mass is 10.2. The standard InChI is InChI=1S/C14H20N2O4/c1-4-9(2)16-13(17)8-20-14(18)11-6-5-10(15)7-12(11)19-3/h5-7,9H,4,8,15H2,1-3H3,(H,16,17). The highest BCUT2D eigenvalue weighted by atomic mass is 16.5. The summed E-state index contributed by atoms with van der Waals surface area (Å²) in [4.78, 5) is 23.4. The van der Waals surface area contributed by atoms with Gasteiger partial charge in [0.2, 0.25) is 0 Å². The molecule has 0 saturated carbocycles. The third-order valence-corrected chi connectivity index (χ3v) is 2.80. The van der Waals surface area contributed by atoms with Gasteiger partial charge in [0.05, 0.1) is 7.11 Å². The highest BCUT2D eigenvalue weighted by molar-refractivity contribution is 5.94. The summed E-state index contributed by atoms with van der Waals surface area (Å²) in [6.07, 6.45) is 0.811. The quantitative estimate of drug-likeness (QED) is 0.606. The van der Waals surface area contributed by atoms with Crippen LogP contribution in [0.4, 0.5) is 5.69 Å². The van der Waals surface area contributed by atoms with E-state index >= 15 is 0 Å². The number of methoxy groups -OCH3 is 1. The maximum atomic E-state index is 11.9. The number of nitrogens with one attached hydrogen (secondary N) is 1. The van der Waals surface area contributed by atoms with Crippen molar-refractivity contribution in [3.63, 3.8) is 0 Å². The Morgan fingerprint density at radius 1 is 1.40 bits per heavy atom. The fourth-order valence-electron chi connectivity index (χ4n) is 1.50. The van der Waals surface area contributed by atoms with Crippen molar-refractivity contribution in [2.75, 3.05) is 19.5 Å². The van der Waals surface area contributed by atoms with E-state index in [1.165, 1.54) is 19.2 Å². The summed E-state index contributed by atoms with van der Waals surface area (Å²) in [6.45, 7) is 3.51. The number of hydrogen-bond donors (Lipinski definition) is 2. The molecule has 1 unspecified atom stereocenters. The topological polar surface area (TPSA) is 90.7 Å².